The molecule has 5 heteroatoms. The van der Waals surface area contributed by atoms with Gasteiger partial charge >= 0.3 is 5.97 Å². The maximum absolute atomic E-state index is 11.2. The summed E-state index contributed by atoms with van der Waals surface area (Å²) < 4.78 is 22.0. The first-order valence-electron chi connectivity index (χ1n) is 10.4. The fourth-order valence-electron chi connectivity index (χ4n) is 2.95. The van der Waals surface area contributed by atoms with Crippen molar-refractivity contribution in [3.8, 4) is 11.5 Å². The number of fused-ring (bicyclic) bond motifs is 1. The molecular weight excluding hydrogens is 392 g/mol. The predicted molar refractivity (Wildman–Crippen MR) is 122 cm³/mol. The lowest BCUT2D eigenvalue weighted by Crippen LogP contribution is -2.13. The summed E-state index contributed by atoms with van der Waals surface area (Å²) in [5.41, 5.74) is 1.65. The number of hydrogen-bond acceptors (Lipinski definition) is 5. The second kappa shape index (κ2) is 11.8. The van der Waals surface area contributed by atoms with Gasteiger partial charge < -0.3 is 18.9 Å². The molecule has 0 saturated carbocycles. The summed E-state index contributed by atoms with van der Waals surface area (Å²) in [5.74, 6) is 1.24. The third-order valence-corrected chi connectivity index (χ3v) is 4.59. The molecule has 5 nitrogen and oxygen atoms in total. The van der Waals surface area contributed by atoms with Crippen molar-refractivity contribution in [2.24, 2.45) is 0 Å². The maximum atomic E-state index is 11.2. The lowest BCUT2D eigenvalue weighted by molar-refractivity contribution is -0.140. The maximum Gasteiger partial charge on any atom is 0.333 e. The minimum absolute atomic E-state index is 0.206. The van der Waals surface area contributed by atoms with E-state index in [4.69, 9.17) is 18.9 Å². The molecule has 0 bridgehead atoms. The molecule has 0 heterocycles. The molecule has 0 N–H and O–H groups in total. The summed E-state index contributed by atoms with van der Waals surface area (Å²) in [5, 5.41) is 2.18. The molecule has 0 aliphatic carbocycles. The van der Waals surface area contributed by atoms with Crippen LogP contribution in [0.3, 0.4) is 0 Å². The van der Waals surface area contributed by atoms with Gasteiger partial charge in [0.25, 0.3) is 0 Å². The van der Waals surface area contributed by atoms with Gasteiger partial charge in [-0.1, -0.05) is 49.0 Å². The molecule has 0 amide bonds. The van der Waals surface area contributed by atoms with Crippen LogP contribution in [0, 0.1) is 0 Å². The zero-order valence-electron chi connectivity index (χ0n) is 17.8. The Hall–Kier alpha value is -3.31. The van der Waals surface area contributed by atoms with Gasteiger partial charge in [0.05, 0.1) is 19.8 Å². The monoisotopic (exact) mass is 420 g/mol. The van der Waals surface area contributed by atoms with Gasteiger partial charge in [-0.15, -0.1) is 0 Å². The summed E-state index contributed by atoms with van der Waals surface area (Å²) in [6, 6.07) is 22.3. The minimum Gasteiger partial charge on any atom is -0.493 e. The summed E-state index contributed by atoms with van der Waals surface area (Å²) in [6.07, 6.45) is 0.879. The lowest BCUT2D eigenvalue weighted by Gasteiger charge is -2.10. The number of hydrogen-bond donors (Lipinski definition) is 0. The van der Waals surface area contributed by atoms with Gasteiger partial charge in [-0.05, 0) is 47.5 Å². The summed E-state index contributed by atoms with van der Waals surface area (Å²) in [6.45, 7) is 7.14. The molecule has 0 aliphatic heterocycles. The summed E-state index contributed by atoms with van der Waals surface area (Å²) in [7, 11) is 0. The van der Waals surface area contributed by atoms with Crippen molar-refractivity contribution >= 4 is 16.7 Å². The highest BCUT2D eigenvalue weighted by Gasteiger charge is 2.03. The molecule has 0 fully saturated rings. The Kier molecular flexibility index (Phi) is 8.49. The smallest absolute Gasteiger partial charge is 0.333 e. The van der Waals surface area contributed by atoms with Gasteiger partial charge in [0, 0.05) is 12.0 Å². The molecule has 31 heavy (non-hydrogen) atoms. The van der Waals surface area contributed by atoms with Crippen LogP contribution in [-0.2, 0) is 20.7 Å². The van der Waals surface area contributed by atoms with E-state index < -0.39 is 5.97 Å². The van der Waals surface area contributed by atoms with Crippen LogP contribution in [0.5, 0.6) is 11.5 Å². The zero-order chi connectivity index (χ0) is 21.9. The Balaban J connectivity index is 1.39. The highest BCUT2D eigenvalue weighted by atomic mass is 16.6. The molecule has 3 aromatic rings. The Labute approximate surface area is 183 Å². The number of carbonyl (C=O) groups excluding carboxylic acids is 1. The van der Waals surface area contributed by atoms with Crippen LogP contribution in [0.2, 0.25) is 0 Å². The van der Waals surface area contributed by atoms with E-state index in [2.05, 4.69) is 18.7 Å². The van der Waals surface area contributed by atoms with Gasteiger partial charge in [0.1, 0.15) is 24.7 Å². The van der Waals surface area contributed by atoms with E-state index in [9.17, 15) is 4.79 Å². The standard InChI is InChI=1S/C26H28O5/c1-20(2)26(27)31-17-15-28-14-16-30-25-11-9-22-18-24(10-8-23(22)19-25)29-13-12-21-6-4-3-5-7-21/h3-11,18-19H,1,12-17H2,2H3. The normalized spacial score (nSPS) is 10.6. The summed E-state index contributed by atoms with van der Waals surface area (Å²) >= 11 is 0. The Bertz CT molecular complexity index is 997. The molecule has 0 spiro atoms. The number of carbonyl (C=O) groups is 1. The van der Waals surface area contributed by atoms with Crippen molar-refractivity contribution in [3.05, 3.63) is 84.4 Å². The van der Waals surface area contributed by atoms with Crippen molar-refractivity contribution in [1.82, 2.24) is 0 Å². The van der Waals surface area contributed by atoms with Crippen molar-refractivity contribution in [1.29, 1.82) is 0 Å². The molecule has 162 valence electrons. The molecule has 0 radical (unpaired) electrons. The van der Waals surface area contributed by atoms with Crippen LogP contribution in [0.25, 0.3) is 10.8 Å². The second-order valence-electron chi connectivity index (χ2n) is 7.13. The molecular formula is C26H28O5. The Morgan fingerprint density at radius 1 is 0.774 bits per heavy atom. The predicted octanol–water partition coefficient (Wildman–Crippen LogP) is 4.98. The van der Waals surface area contributed by atoms with Crippen molar-refractivity contribution in [3.63, 3.8) is 0 Å². The van der Waals surface area contributed by atoms with Crippen molar-refractivity contribution in [2.45, 2.75) is 13.3 Å². The van der Waals surface area contributed by atoms with Crippen LogP contribution in [0.4, 0.5) is 0 Å². The molecule has 0 unspecified atom stereocenters. The average molecular weight is 421 g/mol. The number of rotatable bonds is 12. The van der Waals surface area contributed by atoms with E-state index in [0.717, 1.165) is 28.7 Å². The van der Waals surface area contributed by atoms with Gasteiger partial charge in [-0.2, -0.15) is 0 Å². The van der Waals surface area contributed by atoms with Crippen LogP contribution >= 0.6 is 0 Å². The van der Waals surface area contributed by atoms with Crippen LogP contribution in [0.1, 0.15) is 12.5 Å². The van der Waals surface area contributed by atoms with E-state index in [1.54, 1.807) is 6.92 Å². The first kappa shape index (κ1) is 22.4. The Morgan fingerprint density at radius 2 is 1.39 bits per heavy atom. The zero-order valence-corrected chi connectivity index (χ0v) is 17.8. The molecule has 0 aliphatic rings. The molecule has 3 rings (SSSR count). The van der Waals surface area contributed by atoms with Crippen LogP contribution in [0.15, 0.2) is 78.9 Å². The fraction of sp³-hybridized carbons (Fsp3) is 0.269. The van der Waals surface area contributed by atoms with Crippen LogP contribution in [-0.4, -0.2) is 39.0 Å². The van der Waals surface area contributed by atoms with Gasteiger partial charge in [0.15, 0.2) is 0 Å². The number of esters is 1. The first-order valence-corrected chi connectivity index (χ1v) is 10.4. The minimum atomic E-state index is -0.402. The molecule has 0 saturated heterocycles. The lowest BCUT2D eigenvalue weighted by atomic mass is 10.1. The van der Waals surface area contributed by atoms with E-state index in [0.29, 0.717) is 32.0 Å². The third kappa shape index (κ3) is 7.46. The Morgan fingerprint density at radius 3 is 2.03 bits per heavy atom. The largest absolute Gasteiger partial charge is 0.493 e. The second-order valence-corrected chi connectivity index (χ2v) is 7.13. The van der Waals surface area contributed by atoms with Crippen LogP contribution < -0.4 is 9.47 Å². The molecule has 0 atom stereocenters. The topological polar surface area (TPSA) is 54.0 Å². The summed E-state index contributed by atoms with van der Waals surface area (Å²) in [4.78, 5) is 11.2. The highest BCUT2D eigenvalue weighted by molar-refractivity contribution is 5.87. The van der Waals surface area contributed by atoms with E-state index >= 15 is 0 Å². The fourth-order valence-corrected chi connectivity index (χ4v) is 2.95. The van der Waals surface area contributed by atoms with Gasteiger partial charge in [-0.25, -0.2) is 4.79 Å². The molecule has 3 aromatic carbocycles. The van der Waals surface area contributed by atoms with Crippen molar-refractivity contribution < 1.29 is 23.7 Å². The quantitative estimate of drug-likeness (QED) is 0.235. The number of ether oxygens (including phenoxy) is 4. The van der Waals surface area contributed by atoms with E-state index in [1.165, 1.54) is 5.56 Å². The number of benzene rings is 3. The third-order valence-electron chi connectivity index (χ3n) is 4.59. The SMILES string of the molecule is C=C(C)C(=O)OCCOCCOc1ccc2cc(OCCc3ccccc3)ccc2c1. The molecule has 0 aromatic heterocycles. The van der Waals surface area contributed by atoms with Crippen molar-refractivity contribution in [2.75, 3.05) is 33.0 Å². The van der Waals surface area contributed by atoms with Gasteiger partial charge in [0.2, 0.25) is 0 Å². The average Bonchev–Trinajstić information content (AvgIpc) is 2.79. The highest BCUT2D eigenvalue weighted by Crippen LogP contribution is 2.25. The van der Waals surface area contributed by atoms with Gasteiger partial charge in [-0.3, -0.25) is 0 Å². The van der Waals surface area contributed by atoms with E-state index in [1.807, 2.05) is 54.6 Å². The van der Waals surface area contributed by atoms with E-state index in [-0.39, 0.29) is 6.61 Å². The first-order chi connectivity index (χ1) is 15.1.